The number of aliphatic hydroxyl groups is 1. The van der Waals surface area contributed by atoms with E-state index < -0.39 is 6.29 Å². The molecule has 10 heteroatoms. The molecular formula is C38H43N5O4S. The van der Waals surface area contributed by atoms with Crippen molar-refractivity contribution in [1.29, 1.82) is 0 Å². The van der Waals surface area contributed by atoms with Crippen molar-refractivity contribution in [2.24, 2.45) is 17.8 Å². The van der Waals surface area contributed by atoms with Gasteiger partial charge in [0.1, 0.15) is 6.33 Å². The van der Waals surface area contributed by atoms with Crippen molar-refractivity contribution >= 4 is 17.8 Å². The van der Waals surface area contributed by atoms with Crippen LogP contribution in [0, 0.1) is 17.8 Å². The summed E-state index contributed by atoms with van der Waals surface area (Å²) in [7, 11) is 0. The summed E-state index contributed by atoms with van der Waals surface area (Å²) in [4.78, 5) is 17.4. The molecule has 1 aliphatic heterocycles. The van der Waals surface area contributed by atoms with Crippen LogP contribution in [-0.4, -0.2) is 43.7 Å². The number of aromatic amines is 1. The maximum Gasteiger partial charge on any atom is 0.315 e. The summed E-state index contributed by atoms with van der Waals surface area (Å²) in [5.41, 5.74) is 6.10. The number of thioether (sulfide) groups is 1. The maximum absolute atomic E-state index is 13.2. The monoisotopic (exact) mass is 665 g/mol. The van der Waals surface area contributed by atoms with Crippen LogP contribution in [0.15, 0.2) is 84.3 Å². The number of H-pyrrole nitrogens is 1. The van der Waals surface area contributed by atoms with E-state index in [1.807, 2.05) is 36.4 Å². The summed E-state index contributed by atoms with van der Waals surface area (Å²) in [5, 5.41) is 23.8. The van der Waals surface area contributed by atoms with E-state index in [1.54, 1.807) is 11.8 Å². The number of rotatable bonds is 10. The Morgan fingerprint density at radius 3 is 2.29 bits per heavy atom. The van der Waals surface area contributed by atoms with Crippen LogP contribution in [0.2, 0.25) is 0 Å². The number of aromatic nitrogens is 3. The Bertz CT molecular complexity index is 1660. The zero-order chi connectivity index (χ0) is 32.5. The molecule has 2 amide bonds. The minimum Gasteiger partial charge on any atom is -0.392 e. The lowest BCUT2D eigenvalue weighted by molar-refractivity contribution is -0.245. The first-order chi connectivity index (χ1) is 23.5. The Morgan fingerprint density at radius 1 is 0.896 bits per heavy atom. The molecule has 9 nitrogen and oxygen atoms in total. The van der Waals surface area contributed by atoms with E-state index in [-0.39, 0.29) is 30.4 Å². The molecule has 48 heavy (non-hydrogen) atoms. The standard InChI is InChI=1S/C38H43N5O4S/c44-21-24-5-7-29(8-6-24)34-16-32(22-48-37-40-23-41-43-37)46-35(47-34)30-11-9-28(10-12-30)33-4-2-1-3-31(33)20-39-36(45)42-38-17-25-13-26(18-38)15-27(14-25)19-38/h1-12,23,25-27,32,34-35,44H,13-22H2,(H2,39,42,45)(H,40,41,43). The van der Waals surface area contributed by atoms with Gasteiger partial charge >= 0.3 is 6.03 Å². The van der Waals surface area contributed by atoms with E-state index >= 15 is 0 Å². The van der Waals surface area contributed by atoms with Crippen molar-refractivity contribution in [1.82, 2.24) is 25.8 Å². The average Bonchev–Trinajstić information content (AvgIpc) is 3.63. The fraction of sp³-hybridized carbons (Fsp3) is 0.447. The van der Waals surface area contributed by atoms with Gasteiger partial charge in [-0.2, -0.15) is 5.10 Å². The van der Waals surface area contributed by atoms with Gasteiger partial charge in [-0.15, -0.1) is 0 Å². The highest BCUT2D eigenvalue weighted by atomic mass is 32.2. The van der Waals surface area contributed by atoms with Gasteiger partial charge in [0, 0.05) is 29.8 Å². The number of hydrogen-bond acceptors (Lipinski definition) is 7. The van der Waals surface area contributed by atoms with Gasteiger partial charge in [0.05, 0.1) is 18.8 Å². The molecule has 4 aromatic rings. The molecule has 4 aliphatic carbocycles. The van der Waals surface area contributed by atoms with E-state index in [0.29, 0.717) is 18.7 Å². The lowest BCUT2D eigenvalue weighted by Crippen LogP contribution is -2.61. The predicted octanol–water partition coefficient (Wildman–Crippen LogP) is 7.07. The second kappa shape index (κ2) is 13.7. The number of hydrogen-bond donors (Lipinski definition) is 4. The van der Waals surface area contributed by atoms with Gasteiger partial charge in [-0.05, 0) is 84.1 Å². The molecule has 1 aromatic heterocycles. The number of nitrogens with zero attached hydrogens (tertiary/aromatic N) is 2. The normalized spacial score (nSPS) is 29.1. The second-order valence-corrected chi connectivity index (χ2v) is 15.2. The smallest absolute Gasteiger partial charge is 0.315 e. The minimum absolute atomic E-state index is 0.00694. The molecule has 3 aromatic carbocycles. The molecule has 3 atom stereocenters. The van der Waals surface area contributed by atoms with Crippen LogP contribution in [-0.2, 0) is 22.6 Å². The number of urea groups is 1. The Balaban J connectivity index is 0.946. The fourth-order valence-corrected chi connectivity index (χ4v) is 9.76. The van der Waals surface area contributed by atoms with Crippen LogP contribution in [0.5, 0.6) is 0 Å². The molecule has 5 aliphatic rings. The molecule has 4 N–H and O–H groups in total. The van der Waals surface area contributed by atoms with Gasteiger partial charge in [0.25, 0.3) is 0 Å². The van der Waals surface area contributed by atoms with Crippen LogP contribution >= 0.6 is 11.8 Å². The highest BCUT2D eigenvalue weighted by Gasteiger charge is 2.51. The second-order valence-electron chi connectivity index (χ2n) is 14.2. The lowest BCUT2D eigenvalue weighted by Gasteiger charge is -2.56. The number of nitrogens with one attached hydrogen (secondary N) is 3. The number of benzene rings is 3. The third-order valence-corrected chi connectivity index (χ3v) is 11.8. The van der Waals surface area contributed by atoms with Gasteiger partial charge in [0.15, 0.2) is 11.4 Å². The third-order valence-electron chi connectivity index (χ3n) is 10.8. The van der Waals surface area contributed by atoms with Crippen LogP contribution in [0.25, 0.3) is 11.1 Å². The van der Waals surface area contributed by atoms with Crippen LogP contribution in [0.3, 0.4) is 0 Å². The maximum atomic E-state index is 13.2. The summed E-state index contributed by atoms with van der Waals surface area (Å²) in [6.07, 6.45) is 8.93. The fourth-order valence-electron chi connectivity index (χ4n) is 8.96. The zero-order valence-electron chi connectivity index (χ0n) is 27.0. The van der Waals surface area contributed by atoms with E-state index in [2.05, 4.69) is 62.2 Å². The Morgan fingerprint density at radius 2 is 1.60 bits per heavy atom. The Kier molecular flexibility index (Phi) is 8.98. The van der Waals surface area contributed by atoms with E-state index in [4.69, 9.17) is 9.47 Å². The molecule has 2 heterocycles. The van der Waals surface area contributed by atoms with Crippen molar-refractivity contribution in [3.05, 3.63) is 101 Å². The number of carbonyl (C=O) groups is 1. The first-order valence-corrected chi connectivity index (χ1v) is 18.2. The highest BCUT2D eigenvalue weighted by Crippen LogP contribution is 2.55. The SMILES string of the molecule is O=C(NCc1ccccc1-c1ccc(C2OC(CSc3ncn[nH]3)CC(c3ccc(CO)cc3)O2)cc1)NC12CC3CC(CC(C3)C1)C2. The summed E-state index contributed by atoms with van der Waals surface area (Å²) in [5.74, 6) is 3.07. The van der Waals surface area contributed by atoms with Gasteiger partial charge in [-0.1, -0.05) is 84.6 Å². The molecule has 0 spiro atoms. The molecule has 250 valence electrons. The third kappa shape index (κ3) is 6.89. The molecule has 4 bridgehead atoms. The van der Waals surface area contributed by atoms with Crippen molar-refractivity contribution in [3.8, 4) is 11.1 Å². The van der Waals surface area contributed by atoms with Crippen molar-refractivity contribution in [2.45, 2.75) is 87.3 Å². The summed E-state index contributed by atoms with van der Waals surface area (Å²) in [6.45, 7) is 0.473. The first-order valence-electron chi connectivity index (χ1n) is 17.2. The molecule has 0 radical (unpaired) electrons. The molecular weight excluding hydrogens is 623 g/mol. The van der Waals surface area contributed by atoms with Crippen LogP contribution < -0.4 is 10.6 Å². The molecule has 5 fully saturated rings. The molecule has 3 unspecified atom stereocenters. The topological polar surface area (TPSA) is 121 Å². The Labute approximate surface area is 285 Å². The van der Waals surface area contributed by atoms with E-state index in [1.165, 1.54) is 25.6 Å². The Hall–Kier alpha value is -3.70. The summed E-state index contributed by atoms with van der Waals surface area (Å²) >= 11 is 1.58. The molecule has 1 saturated heterocycles. The van der Waals surface area contributed by atoms with Gasteiger partial charge in [0.2, 0.25) is 0 Å². The minimum atomic E-state index is -0.541. The summed E-state index contributed by atoms with van der Waals surface area (Å²) in [6, 6.07) is 24.5. The molecule has 9 rings (SSSR count). The molecule has 4 saturated carbocycles. The van der Waals surface area contributed by atoms with Crippen LogP contribution in [0.4, 0.5) is 4.79 Å². The summed E-state index contributed by atoms with van der Waals surface area (Å²) < 4.78 is 13.1. The van der Waals surface area contributed by atoms with E-state index in [0.717, 1.165) is 75.6 Å². The van der Waals surface area contributed by atoms with Crippen LogP contribution in [0.1, 0.15) is 79.6 Å². The average molecular weight is 666 g/mol. The number of carbonyl (C=O) groups excluding carboxylic acids is 1. The number of amides is 2. The zero-order valence-corrected chi connectivity index (χ0v) is 27.8. The van der Waals surface area contributed by atoms with Crippen molar-refractivity contribution in [2.75, 3.05) is 5.75 Å². The number of aliphatic hydroxyl groups excluding tert-OH is 1. The van der Waals surface area contributed by atoms with Gasteiger partial charge in [-0.3, -0.25) is 5.10 Å². The quantitative estimate of drug-likeness (QED) is 0.134. The number of ether oxygens (including phenoxy) is 2. The lowest BCUT2D eigenvalue weighted by atomic mass is 9.53. The van der Waals surface area contributed by atoms with Gasteiger partial charge in [-0.25, -0.2) is 9.78 Å². The first kappa shape index (κ1) is 31.6. The predicted molar refractivity (Wildman–Crippen MR) is 184 cm³/mol. The largest absolute Gasteiger partial charge is 0.392 e. The van der Waals surface area contributed by atoms with E-state index in [9.17, 15) is 9.90 Å². The van der Waals surface area contributed by atoms with Gasteiger partial charge < -0.3 is 25.2 Å². The highest BCUT2D eigenvalue weighted by molar-refractivity contribution is 7.99. The van der Waals surface area contributed by atoms with Crippen molar-refractivity contribution in [3.63, 3.8) is 0 Å². The van der Waals surface area contributed by atoms with Crippen molar-refractivity contribution < 1.29 is 19.4 Å².